The Labute approximate surface area is 116 Å². The van der Waals surface area contributed by atoms with Crippen LogP contribution in [0.25, 0.3) is 0 Å². The predicted molar refractivity (Wildman–Crippen MR) is 78.5 cm³/mol. The summed E-state index contributed by atoms with van der Waals surface area (Å²) in [5, 5.41) is 0. The minimum Gasteiger partial charge on any atom is -0.481 e. The van der Waals surface area contributed by atoms with Gasteiger partial charge in [-0.3, -0.25) is 4.79 Å². The van der Waals surface area contributed by atoms with Gasteiger partial charge in [-0.1, -0.05) is 32.9 Å². The van der Waals surface area contributed by atoms with Gasteiger partial charge >= 0.3 is 0 Å². The van der Waals surface area contributed by atoms with Crippen LogP contribution in [0, 0.1) is 0 Å². The van der Waals surface area contributed by atoms with Crippen molar-refractivity contribution in [1.29, 1.82) is 0 Å². The lowest BCUT2D eigenvalue weighted by Gasteiger charge is -2.22. The van der Waals surface area contributed by atoms with Crippen molar-refractivity contribution in [1.82, 2.24) is 4.90 Å². The molecule has 0 bridgehead atoms. The van der Waals surface area contributed by atoms with Crippen LogP contribution in [0.4, 0.5) is 0 Å². The second-order valence-corrected chi connectivity index (χ2v) is 5.89. The molecule has 0 heterocycles. The highest BCUT2D eigenvalue weighted by Gasteiger charge is 2.18. The lowest BCUT2D eigenvalue weighted by Crippen LogP contribution is -2.37. The standard InChI is InChI=1S/C16H25NO2/c1-7-17(6)15(18)12(2)19-14-10-8-13(9-11-14)16(3,4)5/h8-12H,7H2,1-6H3. The zero-order valence-corrected chi connectivity index (χ0v) is 12.9. The summed E-state index contributed by atoms with van der Waals surface area (Å²) < 4.78 is 5.68. The molecule has 0 saturated carbocycles. The maximum absolute atomic E-state index is 11.9. The average Bonchev–Trinajstić information content (AvgIpc) is 2.36. The Morgan fingerprint density at radius 1 is 1.26 bits per heavy atom. The highest BCUT2D eigenvalue weighted by Crippen LogP contribution is 2.24. The molecule has 106 valence electrons. The monoisotopic (exact) mass is 263 g/mol. The number of likely N-dealkylation sites (N-methyl/N-ethyl adjacent to an activating group) is 1. The van der Waals surface area contributed by atoms with E-state index in [1.807, 2.05) is 19.1 Å². The van der Waals surface area contributed by atoms with Crippen LogP contribution in [0.2, 0.25) is 0 Å². The smallest absolute Gasteiger partial charge is 0.263 e. The van der Waals surface area contributed by atoms with Gasteiger partial charge in [-0.15, -0.1) is 0 Å². The van der Waals surface area contributed by atoms with Crippen molar-refractivity contribution in [2.24, 2.45) is 0 Å². The van der Waals surface area contributed by atoms with Gasteiger partial charge in [-0.2, -0.15) is 0 Å². The van der Waals surface area contributed by atoms with Crippen molar-refractivity contribution < 1.29 is 9.53 Å². The summed E-state index contributed by atoms with van der Waals surface area (Å²) in [6, 6.07) is 7.96. The van der Waals surface area contributed by atoms with E-state index in [0.717, 1.165) is 5.75 Å². The zero-order valence-electron chi connectivity index (χ0n) is 12.9. The number of amides is 1. The Balaban J connectivity index is 2.71. The Kier molecular flexibility index (Phi) is 4.98. The molecule has 0 fully saturated rings. The Morgan fingerprint density at radius 2 is 1.79 bits per heavy atom. The molecule has 1 aromatic rings. The molecule has 1 atom stereocenters. The fourth-order valence-electron chi connectivity index (χ4n) is 1.75. The molecule has 1 unspecified atom stereocenters. The minimum absolute atomic E-state index is 0.00222. The summed E-state index contributed by atoms with van der Waals surface area (Å²) in [5.74, 6) is 0.737. The van der Waals surface area contributed by atoms with Gasteiger partial charge in [0.1, 0.15) is 5.75 Å². The lowest BCUT2D eigenvalue weighted by atomic mass is 9.87. The van der Waals surface area contributed by atoms with Crippen LogP contribution >= 0.6 is 0 Å². The molecule has 3 heteroatoms. The molecule has 1 aromatic carbocycles. The molecular weight excluding hydrogens is 238 g/mol. The van der Waals surface area contributed by atoms with Gasteiger partial charge in [-0.05, 0) is 37.0 Å². The first-order valence-electron chi connectivity index (χ1n) is 6.78. The summed E-state index contributed by atoms with van der Waals surface area (Å²) in [6.45, 7) is 10.9. The quantitative estimate of drug-likeness (QED) is 0.834. The normalized spacial score (nSPS) is 12.9. The van der Waals surface area contributed by atoms with Crippen molar-refractivity contribution in [3.63, 3.8) is 0 Å². The van der Waals surface area contributed by atoms with E-state index in [4.69, 9.17) is 4.74 Å². The zero-order chi connectivity index (χ0) is 14.6. The first-order chi connectivity index (χ1) is 8.75. The van der Waals surface area contributed by atoms with E-state index in [0.29, 0.717) is 6.54 Å². The molecule has 0 N–H and O–H groups in total. The molecule has 1 rings (SSSR count). The van der Waals surface area contributed by atoms with E-state index in [1.54, 1.807) is 18.9 Å². The third-order valence-corrected chi connectivity index (χ3v) is 3.23. The molecule has 0 aliphatic rings. The highest BCUT2D eigenvalue weighted by atomic mass is 16.5. The molecule has 0 radical (unpaired) electrons. The predicted octanol–water partition coefficient (Wildman–Crippen LogP) is 3.23. The third-order valence-electron chi connectivity index (χ3n) is 3.23. The molecule has 0 saturated heterocycles. The molecule has 19 heavy (non-hydrogen) atoms. The van der Waals surface area contributed by atoms with Gasteiger partial charge < -0.3 is 9.64 Å². The fourth-order valence-corrected chi connectivity index (χ4v) is 1.75. The maximum Gasteiger partial charge on any atom is 0.263 e. The van der Waals surface area contributed by atoms with Crippen molar-refractivity contribution in [3.8, 4) is 5.75 Å². The third kappa shape index (κ3) is 4.27. The molecule has 1 amide bonds. The first-order valence-corrected chi connectivity index (χ1v) is 6.78. The molecule has 3 nitrogen and oxygen atoms in total. The number of benzene rings is 1. The Morgan fingerprint density at radius 3 is 2.21 bits per heavy atom. The van der Waals surface area contributed by atoms with Crippen LogP contribution < -0.4 is 4.74 Å². The number of hydrogen-bond acceptors (Lipinski definition) is 2. The van der Waals surface area contributed by atoms with Gasteiger partial charge in [-0.25, -0.2) is 0 Å². The number of nitrogens with zero attached hydrogens (tertiary/aromatic N) is 1. The largest absolute Gasteiger partial charge is 0.481 e. The van der Waals surface area contributed by atoms with Crippen molar-refractivity contribution in [2.75, 3.05) is 13.6 Å². The van der Waals surface area contributed by atoms with Gasteiger partial charge in [0.05, 0.1) is 0 Å². The second kappa shape index (κ2) is 6.09. The number of rotatable bonds is 4. The van der Waals surface area contributed by atoms with Crippen LogP contribution in [-0.4, -0.2) is 30.5 Å². The van der Waals surface area contributed by atoms with E-state index in [-0.39, 0.29) is 11.3 Å². The van der Waals surface area contributed by atoms with E-state index in [9.17, 15) is 4.79 Å². The van der Waals surface area contributed by atoms with E-state index in [2.05, 4.69) is 32.9 Å². The SMILES string of the molecule is CCN(C)C(=O)C(C)Oc1ccc(C(C)(C)C)cc1. The number of carbonyl (C=O) groups is 1. The van der Waals surface area contributed by atoms with Crippen molar-refractivity contribution >= 4 is 5.91 Å². The minimum atomic E-state index is -0.453. The molecule has 0 aliphatic carbocycles. The van der Waals surface area contributed by atoms with Crippen LogP contribution in [0.15, 0.2) is 24.3 Å². The molecule has 0 spiro atoms. The Hall–Kier alpha value is -1.51. The van der Waals surface area contributed by atoms with Crippen LogP contribution in [-0.2, 0) is 10.2 Å². The summed E-state index contributed by atoms with van der Waals surface area (Å²) >= 11 is 0. The number of carbonyl (C=O) groups excluding carboxylic acids is 1. The lowest BCUT2D eigenvalue weighted by molar-refractivity contribution is -0.136. The van der Waals surface area contributed by atoms with Crippen molar-refractivity contribution in [2.45, 2.75) is 46.1 Å². The maximum atomic E-state index is 11.9. The number of hydrogen-bond donors (Lipinski definition) is 0. The molecule has 0 aliphatic heterocycles. The Bertz CT molecular complexity index is 417. The topological polar surface area (TPSA) is 29.5 Å². The highest BCUT2D eigenvalue weighted by molar-refractivity contribution is 5.80. The summed E-state index contributed by atoms with van der Waals surface area (Å²) in [4.78, 5) is 13.6. The first kappa shape index (κ1) is 15.5. The van der Waals surface area contributed by atoms with Crippen LogP contribution in [0.5, 0.6) is 5.75 Å². The average molecular weight is 263 g/mol. The number of ether oxygens (including phenoxy) is 1. The van der Waals surface area contributed by atoms with Gasteiger partial charge in [0.2, 0.25) is 0 Å². The molecule has 0 aromatic heterocycles. The van der Waals surface area contributed by atoms with Gasteiger partial charge in [0, 0.05) is 13.6 Å². The van der Waals surface area contributed by atoms with Crippen LogP contribution in [0.1, 0.15) is 40.2 Å². The van der Waals surface area contributed by atoms with E-state index < -0.39 is 6.10 Å². The summed E-state index contributed by atoms with van der Waals surface area (Å²) in [5.41, 5.74) is 1.38. The summed E-state index contributed by atoms with van der Waals surface area (Å²) in [7, 11) is 1.78. The molecular formula is C16H25NO2. The summed E-state index contributed by atoms with van der Waals surface area (Å²) in [6.07, 6.45) is -0.453. The van der Waals surface area contributed by atoms with E-state index >= 15 is 0 Å². The fraction of sp³-hybridized carbons (Fsp3) is 0.562. The van der Waals surface area contributed by atoms with Crippen LogP contribution in [0.3, 0.4) is 0 Å². The van der Waals surface area contributed by atoms with Gasteiger partial charge in [0.25, 0.3) is 5.91 Å². The van der Waals surface area contributed by atoms with E-state index in [1.165, 1.54) is 5.56 Å². The second-order valence-electron chi connectivity index (χ2n) is 5.89. The van der Waals surface area contributed by atoms with Gasteiger partial charge in [0.15, 0.2) is 6.10 Å². The van der Waals surface area contributed by atoms with Crippen molar-refractivity contribution in [3.05, 3.63) is 29.8 Å².